The Hall–Kier alpha value is -1.39. The molecule has 1 aromatic rings. The molecule has 1 unspecified atom stereocenters. The van der Waals surface area contributed by atoms with E-state index in [0.29, 0.717) is 12.5 Å². The molecule has 0 fully saturated rings. The Morgan fingerprint density at radius 2 is 1.90 bits per heavy atom. The van der Waals surface area contributed by atoms with Crippen LogP contribution < -0.4 is 5.32 Å². The van der Waals surface area contributed by atoms with E-state index in [0.717, 1.165) is 25.1 Å². The number of nitrogens with zero attached hydrogens (tertiary/aromatic N) is 1. The van der Waals surface area contributed by atoms with Crippen LogP contribution in [0, 0.1) is 5.92 Å². The minimum Gasteiger partial charge on any atom is -0.464 e. The van der Waals surface area contributed by atoms with E-state index in [1.165, 1.54) is 0 Å². The molecule has 4 heteroatoms. The highest BCUT2D eigenvalue weighted by Crippen LogP contribution is 2.14. The molecule has 1 N–H and O–H groups in total. The van der Waals surface area contributed by atoms with Crippen molar-refractivity contribution in [3.8, 4) is 0 Å². The maximum Gasteiger partial charge on any atom is 0.327 e. The van der Waals surface area contributed by atoms with Gasteiger partial charge in [-0.3, -0.25) is 5.32 Å². The molecule has 0 radical (unpaired) electrons. The zero-order chi connectivity index (χ0) is 15.7. The quantitative estimate of drug-likeness (QED) is 0.710. The molecule has 1 aromatic carbocycles. The van der Waals surface area contributed by atoms with Crippen LogP contribution in [-0.2, 0) is 9.53 Å². The van der Waals surface area contributed by atoms with E-state index in [1.807, 2.05) is 44.4 Å². The van der Waals surface area contributed by atoms with Gasteiger partial charge in [0.05, 0.1) is 6.61 Å². The summed E-state index contributed by atoms with van der Waals surface area (Å²) >= 11 is 0. The summed E-state index contributed by atoms with van der Waals surface area (Å²) in [5.74, 6) is 0.343. The molecule has 0 heterocycles. The molecule has 0 spiro atoms. The average Bonchev–Trinajstić information content (AvgIpc) is 2.43. The van der Waals surface area contributed by atoms with E-state index in [9.17, 15) is 4.79 Å². The Labute approximate surface area is 128 Å². The van der Waals surface area contributed by atoms with Crippen molar-refractivity contribution in [2.45, 2.75) is 26.3 Å². The van der Waals surface area contributed by atoms with E-state index >= 15 is 0 Å². The topological polar surface area (TPSA) is 41.6 Å². The van der Waals surface area contributed by atoms with Crippen molar-refractivity contribution in [3.05, 3.63) is 35.9 Å². The number of ether oxygens (including phenoxy) is 1. The number of likely N-dealkylation sites (N-methyl/N-ethyl adjacent to an activating group) is 1. The summed E-state index contributed by atoms with van der Waals surface area (Å²) < 4.78 is 5.41. The van der Waals surface area contributed by atoms with Crippen molar-refractivity contribution in [1.82, 2.24) is 10.2 Å². The number of carbonyl (C=O) groups is 1. The van der Waals surface area contributed by atoms with E-state index in [1.54, 1.807) is 0 Å². The Morgan fingerprint density at radius 3 is 2.48 bits per heavy atom. The largest absolute Gasteiger partial charge is 0.464 e. The first-order valence-corrected chi connectivity index (χ1v) is 7.60. The van der Waals surface area contributed by atoms with Crippen LogP contribution in [0.4, 0.5) is 0 Å². The Morgan fingerprint density at radius 1 is 1.24 bits per heavy atom. The molecule has 118 valence electrons. The van der Waals surface area contributed by atoms with Crippen LogP contribution in [0.25, 0.3) is 0 Å². The van der Waals surface area contributed by atoms with Gasteiger partial charge in [-0.1, -0.05) is 44.2 Å². The minimum atomic E-state index is -0.390. The van der Waals surface area contributed by atoms with Crippen molar-refractivity contribution in [3.63, 3.8) is 0 Å². The van der Waals surface area contributed by atoms with E-state index in [2.05, 4.69) is 24.1 Å². The number of benzene rings is 1. The lowest BCUT2D eigenvalue weighted by Crippen LogP contribution is -2.35. The monoisotopic (exact) mass is 292 g/mol. The third-order valence-corrected chi connectivity index (χ3v) is 3.22. The second kappa shape index (κ2) is 9.53. The fourth-order valence-corrected chi connectivity index (χ4v) is 1.89. The third kappa shape index (κ3) is 7.25. The average molecular weight is 292 g/mol. The van der Waals surface area contributed by atoms with Crippen LogP contribution in [-0.4, -0.2) is 44.7 Å². The van der Waals surface area contributed by atoms with Crippen LogP contribution in [0.5, 0.6) is 0 Å². The first-order valence-electron chi connectivity index (χ1n) is 7.60. The van der Waals surface area contributed by atoms with E-state index < -0.39 is 6.04 Å². The summed E-state index contributed by atoms with van der Waals surface area (Å²) in [5, 5.41) is 3.29. The van der Waals surface area contributed by atoms with Gasteiger partial charge in [-0.2, -0.15) is 0 Å². The summed E-state index contributed by atoms with van der Waals surface area (Å²) in [6.07, 6.45) is 0.894. The summed E-state index contributed by atoms with van der Waals surface area (Å²) in [5.41, 5.74) is 0.950. The molecule has 0 saturated carbocycles. The van der Waals surface area contributed by atoms with Gasteiger partial charge in [0.2, 0.25) is 0 Å². The molecule has 1 rings (SSSR count). The van der Waals surface area contributed by atoms with Crippen molar-refractivity contribution in [1.29, 1.82) is 0 Å². The lowest BCUT2D eigenvalue weighted by Gasteiger charge is -2.19. The summed E-state index contributed by atoms with van der Waals surface area (Å²) in [4.78, 5) is 14.4. The first kappa shape index (κ1) is 17.7. The normalized spacial score (nSPS) is 12.7. The molecule has 0 bridgehead atoms. The lowest BCUT2D eigenvalue weighted by molar-refractivity contribution is -0.146. The molecule has 0 aliphatic carbocycles. The summed E-state index contributed by atoms with van der Waals surface area (Å²) in [7, 11) is 4.03. The maximum absolute atomic E-state index is 12.3. The number of rotatable bonds is 9. The number of nitrogens with one attached hydrogen (secondary N) is 1. The molecule has 21 heavy (non-hydrogen) atoms. The molecule has 0 saturated heterocycles. The Bertz CT molecular complexity index is 405. The van der Waals surface area contributed by atoms with Crippen LogP contribution in [0.3, 0.4) is 0 Å². The van der Waals surface area contributed by atoms with Crippen LogP contribution >= 0.6 is 0 Å². The van der Waals surface area contributed by atoms with Gasteiger partial charge in [-0.05, 0) is 32.0 Å². The third-order valence-electron chi connectivity index (χ3n) is 3.22. The van der Waals surface area contributed by atoms with Gasteiger partial charge in [0.1, 0.15) is 6.04 Å². The zero-order valence-corrected chi connectivity index (χ0v) is 13.6. The first-order chi connectivity index (χ1) is 10.0. The Balaban J connectivity index is 2.61. The minimum absolute atomic E-state index is 0.194. The van der Waals surface area contributed by atoms with Crippen molar-refractivity contribution < 1.29 is 9.53 Å². The lowest BCUT2D eigenvalue weighted by atomic mass is 10.1. The van der Waals surface area contributed by atoms with E-state index in [-0.39, 0.29) is 5.97 Å². The predicted octanol–water partition coefficient (Wildman–Crippen LogP) is 2.47. The van der Waals surface area contributed by atoms with Crippen LogP contribution in [0.1, 0.15) is 31.9 Å². The van der Waals surface area contributed by atoms with Gasteiger partial charge >= 0.3 is 5.97 Å². The van der Waals surface area contributed by atoms with Gasteiger partial charge < -0.3 is 9.64 Å². The van der Waals surface area contributed by atoms with Gasteiger partial charge in [0, 0.05) is 13.1 Å². The van der Waals surface area contributed by atoms with Crippen LogP contribution in [0.2, 0.25) is 0 Å². The molecule has 0 aliphatic heterocycles. The van der Waals surface area contributed by atoms with E-state index in [4.69, 9.17) is 4.74 Å². The molecule has 0 aliphatic rings. The number of esters is 1. The molecule has 0 amide bonds. The molecular formula is C17H28N2O2. The second-order valence-corrected chi connectivity index (χ2v) is 5.95. The van der Waals surface area contributed by atoms with Crippen molar-refractivity contribution in [2.24, 2.45) is 5.92 Å². The highest BCUT2D eigenvalue weighted by Gasteiger charge is 2.21. The van der Waals surface area contributed by atoms with Gasteiger partial charge in [0.25, 0.3) is 0 Å². The summed E-state index contributed by atoms with van der Waals surface area (Å²) in [6, 6.07) is 9.35. The highest BCUT2D eigenvalue weighted by molar-refractivity contribution is 5.77. The van der Waals surface area contributed by atoms with Crippen molar-refractivity contribution >= 4 is 5.97 Å². The maximum atomic E-state index is 12.3. The molecular weight excluding hydrogens is 264 g/mol. The number of hydrogen-bond donors (Lipinski definition) is 1. The number of hydrogen-bond acceptors (Lipinski definition) is 4. The van der Waals surface area contributed by atoms with Gasteiger partial charge in [-0.25, -0.2) is 4.79 Å². The second-order valence-electron chi connectivity index (χ2n) is 5.95. The highest BCUT2D eigenvalue weighted by atomic mass is 16.5. The Kier molecular flexibility index (Phi) is 8.01. The smallest absolute Gasteiger partial charge is 0.327 e. The number of carbonyl (C=O) groups excluding carboxylic acids is 1. The predicted molar refractivity (Wildman–Crippen MR) is 86.2 cm³/mol. The van der Waals surface area contributed by atoms with Crippen LogP contribution in [0.15, 0.2) is 30.3 Å². The van der Waals surface area contributed by atoms with Gasteiger partial charge in [0.15, 0.2) is 0 Å². The standard InChI is InChI=1S/C17H28N2O2/c1-14(2)10-13-21-17(20)16(18-11-12-19(3)4)15-8-6-5-7-9-15/h5-9,14,16,18H,10-13H2,1-4H3. The zero-order valence-electron chi connectivity index (χ0n) is 13.6. The summed E-state index contributed by atoms with van der Waals surface area (Å²) in [6.45, 7) is 6.35. The molecule has 0 aromatic heterocycles. The van der Waals surface area contributed by atoms with Gasteiger partial charge in [-0.15, -0.1) is 0 Å². The van der Waals surface area contributed by atoms with Crippen molar-refractivity contribution in [2.75, 3.05) is 33.8 Å². The fraction of sp³-hybridized carbons (Fsp3) is 0.588. The molecule has 1 atom stereocenters. The SMILES string of the molecule is CC(C)CCOC(=O)C(NCCN(C)C)c1ccccc1. The molecule has 4 nitrogen and oxygen atoms in total. The fourth-order valence-electron chi connectivity index (χ4n) is 1.89.